The number of carbonyl (C=O) groups excluding carboxylic acids is 2. The fourth-order valence-corrected chi connectivity index (χ4v) is 1.79. The van der Waals surface area contributed by atoms with Crippen molar-refractivity contribution < 1.29 is 20.0 Å². The summed E-state index contributed by atoms with van der Waals surface area (Å²) in [5.74, 6) is -1.68. The Kier molecular flexibility index (Phi) is 6.21. The van der Waals surface area contributed by atoms with Crippen molar-refractivity contribution in [2.75, 3.05) is 11.9 Å². The molecular formula is C14H17ClN2O3. The third-order valence-electron chi connectivity index (χ3n) is 2.75. The molecule has 6 heteroatoms. The molecule has 1 amide bonds. The summed E-state index contributed by atoms with van der Waals surface area (Å²) in [4.78, 5) is 22.7. The van der Waals surface area contributed by atoms with Crippen LogP contribution in [-0.2, 0) is 9.59 Å². The monoisotopic (exact) mass is 296 g/mol. The molecule has 0 heterocycles. The molecule has 5 nitrogen and oxygen atoms in total. The molecule has 20 heavy (non-hydrogen) atoms. The average Bonchev–Trinajstić information content (AvgIpc) is 2.38. The van der Waals surface area contributed by atoms with Crippen LogP contribution in [0.1, 0.15) is 12.0 Å². The molecule has 0 aliphatic carbocycles. The zero-order valence-corrected chi connectivity index (χ0v) is 11.9. The van der Waals surface area contributed by atoms with Crippen LogP contribution in [-0.4, -0.2) is 24.5 Å². The number of aryl methyl sites for hydroxylation is 1. The van der Waals surface area contributed by atoms with Gasteiger partial charge in [0.05, 0.1) is 18.9 Å². The van der Waals surface area contributed by atoms with Gasteiger partial charge in [-0.1, -0.05) is 24.2 Å². The Balaban J connectivity index is 2.62. The molecule has 0 saturated carbocycles. The Labute approximate surface area is 122 Å². The third-order valence-corrected chi connectivity index (χ3v) is 3.16. The van der Waals surface area contributed by atoms with Gasteiger partial charge in [0.1, 0.15) is 6.04 Å². The minimum absolute atomic E-state index is 0.179. The molecule has 0 aliphatic rings. The SMILES string of the molecule is C=CC[NH2+][C@H](CC(=O)Nc1ccc(C)c(Cl)c1)C(=O)[O-]. The molecule has 0 bridgehead atoms. The number of benzene rings is 1. The van der Waals surface area contributed by atoms with Crippen LogP contribution in [0.2, 0.25) is 5.02 Å². The fourth-order valence-electron chi connectivity index (χ4n) is 1.61. The number of amides is 1. The molecule has 1 atom stereocenters. The smallest absolute Gasteiger partial charge is 0.230 e. The highest BCUT2D eigenvalue weighted by Crippen LogP contribution is 2.19. The molecule has 0 spiro atoms. The normalized spacial score (nSPS) is 11.7. The van der Waals surface area contributed by atoms with Crippen molar-refractivity contribution in [3.05, 3.63) is 41.4 Å². The lowest BCUT2D eigenvalue weighted by atomic mass is 10.2. The number of nitrogens with one attached hydrogen (secondary N) is 1. The number of nitrogens with two attached hydrogens (primary N) is 1. The lowest BCUT2D eigenvalue weighted by Crippen LogP contribution is -2.93. The van der Waals surface area contributed by atoms with Gasteiger partial charge in [-0.2, -0.15) is 0 Å². The van der Waals surface area contributed by atoms with Gasteiger partial charge in [-0.15, -0.1) is 0 Å². The number of carbonyl (C=O) groups is 2. The van der Waals surface area contributed by atoms with Crippen molar-refractivity contribution in [1.29, 1.82) is 0 Å². The predicted octanol–water partition coefficient (Wildman–Crippen LogP) is -0.155. The summed E-state index contributed by atoms with van der Waals surface area (Å²) >= 11 is 5.95. The summed E-state index contributed by atoms with van der Waals surface area (Å²) in [6.07, 6.45) is 1.38. The molecule has 0 radical (unpaired) electrons. The van der Waals surface area contributed by atoms with Gasteiger partial charge in [-0.3, -0.25) is 4.79 Å². The third kappa shape index (κ3) is 5.03. The van der Waals surface area contributed by atoms with E-state index in [2.05, 4.69) is 11.9 Å². The molecule has 0 fully saturated rings. The first kappa shape index (κ1) is 16.2. The summed E-state index contributed by atoms with van der Waals surface area (Å²) in [5, 5.41) is 15.6. The van der Waals surface area contributed by atoms with Crippen LogP contribution in [0.4, 0.5) is 5.69 Å². The van der Waals surface area contributed by atoms with Crippen LogP contribution in [0.3, 0.4) is 0 Å². The van der Waals surface area contributed by atoms with Crippen LogP contribution >= 0.6 is 11.6 Å². The Morgan fingerprint density at radius 2 is 2.25 bits per heavy atom. The number of halogens is 1. The van der Waals surface area contributed by atoms with Gasteiger partial charge < -0.3 is 20.5 Å². The van der Waals surface area contributed by atoms with Crippen LogP contribution in [0.25, 0.3) is 0 Å². The zero-order chi connectivity index (χ0) is 15.1. The number of anilines is 1. The molecule has 1 rings (SSSR count). The van der Waals surface area contributed by atoms with Crippen molar-refractivity contribution in [1.82, 2.24) is 0 Å². The van der Waals surface area contributed by atoms with E-state index in [0.29, 0.717) is 17.3 Å². The van der Waals surface area contributed by atoms with Crippen LogP contribution < -0.4 is 15.7 Å². The van der Waals surface area contributed by atoms with Gasteiger partial charge in [0.15, 0.2) is 0 Å². The second kappa shape index (κ2) is 7.67. The molecule has 1 aromatic carbocycles. The minimum atomic E-state index is -1.27. The van der Waals surface area contributed by atoms with Gasteiger partial charge in [0.2, 0.25) is 5.91 Å². The molecular weight excluding hydrogens is 280 g/mol. The van der Waals surface area contributed by atoms with Crippen molar-refractivity contribution in [3.8, 4) is 0 Å². The standard InChI is InChI=1S/C14H17ClN2O3/c1-3-6-16-12(14(19)20)8-13(18)17-10-5-4-9(2)11(15)7-10/h3-5,7,12,16H,1,6,8H2,2H3,(H,17,18)(H,19,20)/t12-/m1/s1. The summed E-state index contributed by atoms with van der Waals surface area (Å²) in [6.45, 7) is 5.75. The molecule has 108 valence electrons. The zero-order valence-electron chi connectivity index (χ0n) is 11.2. The first-order valence-electron chi connectivity index (χ1n) is 6.15. The number of carboxylic acid groups (broad SMARTS) is 1. The number of aliphatic carboxylic acids is 1. The van der Waals surface area contributed by atoms with E-state index in [1.807, 2.05) is 6.92 Å². The van der Waals surface area contributed by atoms with Crippen molar-refractivity contribution >= 4 is 29.2 Å². The van der Waals surface area contributed by atoms with Crippen molar-refractivity contribution in [2.45, 2.75) is 19.4 Å². The molecule has 3 N–H and O–H groups in total. The summed E-state index contributed by atoms with van der Waals surface area (Å²) in [7, 11) is 0. The Hall–Kier alpha value is -1.85. The minimum Gasteiger partial charge on any atom is -0.544 e. The lowest BCUT2D eigenvalue weighted by Gasteiger charge is -2.15. The van der Waals surface area contributed by atoms with E-state index in [1.165, 1.54) is 5.32 Å². The quantitative estimate of drug-likeness (QED) is 0.686. The number of quaternary nitrogens is 1. The first-order valence-corrected chi connectivity index (χ1v) is 6.53. The molecule has 0 aliphatic heterocycles. The van der Waals surface area contributed by atoms with Gasteiger partial charge in [0, 0.05) is 10.7 Å². The Bertz CT molecular complexity index is 517. The maximum absolute atomic E-state index is 11.8. The van der Waals surface area contributed by atoms with Crippen LogP contribution in [0.15, 0.2) is 30.9 Å². The first-order chi connectivity index (χ1) is 9.43. The van der Waals surface area contributed by atoms with E-state index in [4.69, 9.17) is 11.6 Å². The highest BCUT2D eigenvalue weighted by atomic mass is 35.5. The van der Waals surface area contributed by atoms with Gasteiger partial charge >= 0.3 is 0 Å². The number of hydrogen-bond acceptors (Lipinski definition) is 3. The highest BCUT2D eigenvalue weighted by molar-refractivity contribution is 6.31. The maximum atomic E-state index is 11.8. The van der Waals surface area contributed by atoms with Crippen LogP contribution in [0, 0.1) is 6.92 Å². The van der Waals surface area contributed by atoms with E-state index in [9.17, 15) is 14.7 Å². The van der Waals surface area contributed by atoms with Gasteiger partial charge in [-0.25, -0.2) is 0 Å². The Morgan fingerprint density at radius 3 is 2.80 bits per heavy atom. The number of hydrogen-bond donors (Lipinski definition) is 2. The molecule has 0 saturated heterocycles. The van der Waals surface area contributed by atoms with E-state index >= 15 is 0 Å². The maximum Gasteiger partial charge on any atom is 0.230 e. The van der Waals surface area contributed by atoms with Gasteiger partial charge in [-0.05, 0) is 30.7 Å². The second-order valence-corrected chi connectivity index (χ2v) is 4.81. The largest absolute Gasteiger partial charge is 0.544 e. The van der Waals surface area contributed by atoms with Crippen molar-refractivity contribution in [2.24, 2.45) is 0 Å². The molecule has 0 aromatic heterocycles. The number of carboxylic acids is 1. The topological polar surface area (TPSA) is 85.8 Å². The molecule has 1 aromatic rings. The summed E-state index contributed by atoms with van der Waals surface area (Å²) < 4.78 is 0. The number of rotatable bonds is 7. The summed E-state index contributed by atoms with van der Waals surface area (Å²) in [6, 6.07) is 4.17. The average molecular weight is 297 g/mol. The summed E-state index contributed by atoms with van der Waals surface area (Å²) in [5.41, 5.74) is 1.43. The highest BCUT2D eigenvalue weighted by Gasteiger charge is 2.17. The van der Waals surface area contributed by atoms with E-state index < -0.39 is 17.9 Å². The fraction of sp³-hybridized carbons (Fsp3) is 0.286. The molecule has 0 unspecified atom stereocenters. The van der Waals surface area contributed by atoms with E-state index in [0.717, 1.165) is 5.56 Å². The van der Waals surface area contributed by atoms with Crippen molar-refractivity contribution in [3.63, 3.8) is 0 Å². The van der Waals surface area contributed by atoms with Gasteiger partial charge in [0.25, 0.3) is 0 Å². The second-order valence-electron chi connectivity index (χ2n) is 4.40. The Morgan fingerprint density at radius 1 is 1.55 bits per heavy atom. The van der Waals surface area contributed by atoms with E-state index in [-0.39, 0.29) is 6.42 Å². The lowest BCUT2D eigenvalue weighted by molar-refractivity contribution is -0.674. The van der Waals surface area contributed by atoms with Crippen LogP contribution in [0.5, 0.6) is 0 Å². The predicted molar refractivity (Wildman–Crippen MR) is 75.2 cm³/mol. The van der Waals surface area contributed by atoms with E-state index in [1.54, 1.807) is 24.3 Å².